The van der Waals surface area contributed by atoms with E-state index in [0.29, 0.717) is 18.1 Å². The van der Waals surface area contributed by atoms with Crippen LogP contribution in [0.5, 0.6) is 0 Å². The zero-order chi connectivity index (χ0) is 18.8. The van der Waals surface area contributed by atoms with Gasteiger partial charge in [0.05, 0.1) is 7.05 Å². The van der Waals surface area contributed by atoms with E-state index < -0.39 is 0 Å². The van der Waals surface area contributed by atoms with Gasteiger partial charge in [0.2, 0.25) is 5.82 Å². The third-order valence-corrected chi connectivity index (χ3v) is 4.57. The van der Waals surface area contributed by atoms with E-state index >= 15 is 0 Å². The topological polar surface area (TPSA) is 118 Å². The lowest BCUT2D eigenvalue weighted by Crippen LogP contribution is -2.41. The van der Waals surface area contributed by atoms with Crippen LogP contribution in [0.15, 0.2) is 24.3 Å². The molecule has 1 atom stereocenters. The van der Waals surface area contributed by atoms with Crippen molar-refractivity contribution in [2.75, 3.05) is 18.4 Å². The first-order valence-electron chi connectivity index (χ1n) is 8.88. The quantitative estimate of drug-likeness (QED) is 0.728. The van der Waals surface area contributed by atoms with Crippen LogP contribution in [-0.2, 0) is 7.05 Å². The van der Waals surface area contributed by atoms with Crippen LogP contribution in [0.4, 0.5) is 10.5 Å². The number of carbonyl (C=O) groups is 1. The van der Waals surface area contributed by atoms with Gasteiger partial charge in [-0.25, -0.2) is 9.78 Å². The minimum atomic E-state index is -0.129. The molecule has 3 heterocycles. The first-order chi connectivity index (χ1) is 13.1. The molecule has 0 saturated carbocycles. The molecule has 3 aromatic rings. The minimum absolute atomic E-state index is 0.129. The number of aromatic amines is 1. The minimum Gasteiger partial charge on any atom is -0.324 e. The van der Waals surface area contributed by atoms with Crippen LogP contribution < -0.4 is 5.32 Å². The van der Waals surface area contributed by atoms with Gasteiger partial charge in [0, 0.05) is 30.3 Å². The van der Waals surface area contributed by atoms with E-state index in [2.05, 4.69) is 35.9 Å². The molecular weight excluding hydrogens is 346 g/mol. The molecule has 140 valence electrons. The molecule has 2 N–H and O–H groups in total. The average molecular weight is 367 g/mol. The zero-order valence-electron chi connectivity index (χ0n) is 15.3. The van der Waals surface area contributed by atoms with Crippen LogP contribution in [-0.4, -0.2) is 59.4 Å². The summed E-state index contributed by atoms with van der Waals surface area (Å²) in [6, 6.07) is 7.30. The highest BCUT2D eigenvalue weighted by atomic mass is 16.2. The monoisotopic (exact) mass is 367 g/mol. The number of urea groups is 1. The van der Waals surface area contributed by atoms with Crippen molar-refractivity contribution < 1.29 is 4.79 Å². The number of carbonyl (C=O) groups excluding carboxylic acids is 1. The van der Waals surface area contributed by atoms with Crippen molar-refractivity contribution in [2.24, 2.45) is 7.05 Å². The fourth-order valence-corrected chi connectivity index (χ4v) is 3.25. The van der Waals surface area contributed by atoms with Crippen LogP contribution >= 0.6 is 0 Å². The second kappa shape index (κ2) is 7.14. The zero-order valence-corrected chi connectivity index (χ0v) is 15.3. The van der Waals surface area contributed by atoms with Crippen LogP contribution in [0.25, 0.3) is 11.4 Å². The van der Waals surface area contributed by atoms with Crippen LogP contribution in [0.2, 0.25) is 0 Å². The maximum Gasteiger partial charge on any atom is 0.321 e. The molecule has 0 spiro atoms. The van der Waals surface area contributed by atoms with Crippen molar-refractivity contribution in [3.8, 4) is 11.4 Å². The largest absolute Gasteiger partial charge is 0.324 e. The van der Waals surface area contributed by atoms with Crippen molar-refractivity contribution in [3.05, 3.63) is 35.9 Å². The van der Waals surface area contributed by atoms with Gasteiger partial charge in [-0.3, -0.25) is 5.10 Å². The van der Waals surface area contributed by atoms with E-state index in [1.54, 1.807) is 7.05 Å². The number of piperidine rings is 1. The number of tetrazole rings is 1. The van der Waals surface area contributed by atoms with Gasteiger partial charge in [0.1, 0.15) is 5.82 Å². The summed E-state index contributed by atoms with van der Waals surface area (Å²) in [6.45, 7) is 3.20. The Hall–Kier alpha value is -3.30. The molecule has 1 aliphatic heterocycles. The lowest BCUT2D eigenvalue weighted by molar-refractivity contribution is 0.191. The molecule has 1 fully saturated rings. The van der Waals surface area contributed by atoms with Gasteiger partial charge >= 0.3 is 6.03 Å². The van der Waals surface area contributed by atoms with E-state index in [0.717, 1.165) is 36.6 Å². The predicted molar refractivity (Wildman–Crippen MR) is 97.9 cm³/mol. The summed E-state index contributed by atoms with van der Waals surface area (Å²) in [5, 5.41) is 22.1. The number of benzene rings is 1. The second-order valence-electron chi connectivity index (χ2n) is 6.68. The number of nitrogens with one attached hydrogen (secondary N) is 2. The number of H-pyrrole nitrogens is 1. The first-order valence-corrected chi connectivity index (χ1v) is 8.88. The maximum absolute atomic E-state index is 12.7. The van der Waals surface area contributed by atoms with Gasteiger partial charge in [0.15, 0.2) is 5.82 Å². The molecule has 1 saturated heterocycles. The van der Waals surface area contributed by atoms with Crippen molar-refractivity contribution in [2.45, 2.75) is 25.7 Å². The number of amides is 2. The third kappa shape index (κ3) is 3.78. The Labute approximate surface area is 156 Å². The Balaban J connectivity index is 1.44. The highest BCUT2D eigenvalue weighted by Gasteiger charge is 2.27. The van der Waals surface area contributed by atoms with E-state index in [1.165, 1.54) is 4.80 Å². The number of likely N-dealkylation sites (tertiary alicyclic amines) is 1. The summed E-state index contributed by atoms with van der Waals surface area (Å²) in [5.74, 6) is 2.25. The Morgan fingerprint density at radius 1 is 1.37 bits per heavy atom. The Bertz CT molecular complexity index is 947. The second-order valence-corrected chi connectivity index (χ2v) is 6.68. The summed E-state index contributed by atoms with van der Waals surface area (Å²) in [4.78, 5) is 20.3. The average Bonchev–Trinajstić information content (AvgIpc) is 3.30. The first kappa shape index (κ1) is 17.1. The fraction of sp³-hybridized carbons (Fsp3) is 0.412. The standard InChI is InChI=1S/C17H21N9O/c1-11-18-15(21-20-11)13-6-4-8-26(10-13)17(27)19-14-7-3-5-12(9-14)16-22-24-25(2)23-16/h3,5,7,9,13H,4,6,8,10H2,1-2H3,(H,19,27)(H,18,20,21). The molecule has 1 unspecified atom stereocenters. The number of aromatic nitrogens is 7. The normalized spacial score (nSPS) is 17.1. The van der Waals surface area contributed by atoms with Gasteiger partial charge in [-0.05, 0) is 37.1 Å². The molecule has 1 aliphatic rings. The van der Waals surface area contributed by atoms with Crippen LogP contribution in [0.3, 0.4) is 0 Å². The van der Waals surface area contributed by atoms with Crippen LogP contribution in [0.1, 0.15) is 30.4 Å². The number of rotatable bonds is 3. The Morgan fingerprint density at radius 3 is 3.00 bits per heavy atom. The summed E-state index contributed by atoms with van der Waals surface area (Å²) in [7, 11) is 1.71. The number of nitrogens with zero attached hydrogens (tertiary/aromatic N) is 7. The highest BCUT2D eigenvalue weighted by Crippen LogP contribution is 2.25. The van der Waals surface area contributed by atoms with Gasteiger partial charge in [0.25, 0.3) is 0 Å². The molecule has 1 aromatic carbocycles. The molecule has 2 amide bonds. The molecule has 27 heavy (non-hydrogen) atoms. The molecule has 0 radical (unpaired) electrons. The number of anilines is 1. The SMILES string of the molecule is Cc1nc(C2CCCN(C(=O)Nc3cccc(-c4nnn(C)n4)c3)C2)n[nH]1. The van der Waals surface area contributed by atoms with Crippen molar-refractivity contribution in [3.63, 3.8) is 0 Å². The van der Waals surface area contributed by atoms with Crippen molar-refractivity contribution >= 4 is 11.7 Å². The van der Waals surface area contributed by atoms with E-state index in [9.17, 15) is 4.79 Å². The van der Waals surface area contributed by atoms with Crippen molar-refractivity contribution in [1.82, 2.24) is 40.3 Å². The molecule has 2 aromatic heterocycles. The predicted octanol–water partition coefficient (Wildman–Crippen LogP) is 1.72. The molecule has 10 heteroatoms. The van der Waals surface area contributed by atoms with E-state index in [4.69, 9.17) is 0 Å². The highest BCUT2D eigenvalue weighted by molar-refractivity contribution is 5.90. The molecule has 10 nitrogen and oxygen atoms in total. The Kier molecular flexibility index (Phi) is 4.53. The van der Waals surface area contributed by atoms with Gasteiger partial charge in [-0.15, -0.1) is 10.2 Å². The molecule has 4 rings (SSSR count). The van der Waals surface area contributed by atoms with Gasteiger partial charge in [-0.1, -0.05) is 12.1 Å². The van der Waals surface area contributed by atoms with E-state index in [-0.39, 0.29) is 11.9 Å². The summed E-state index contributed by atoms with van der Waals surface area (Å²) >= 11 is 0. The summed E-state index contributed by atoms with van der Waals surface area (Å²) in [6.07, 6.45) is 1.91. The maximum atomic E-state index is 12.7. The van der Waals surface area contributed by atoms with Crippen molar-refractivity contribution in [1.29, 1.82) is 0 Å². The number of hydrogen-bond acceptors (Lipinski definition) is 6. The smallest absolute Gasteiger partial charge is 0.321 e. The van der Waals surface area contributed by atoms with Gasteiger partial charge < -0.3 is 10.2 Å². The molecule has 0 aliphatic carbocycles. The lowest BCUT2D eigenvalue weighted by atomic mass is 9.97. The van der Waals surface area contributed by atoms with Crippen LogP contribution in [0, 0.1) is 6.92 Å². The van der Waals surface area contributed by atoms with E-state index in [1.807, 2.05) is 36.1 Å². The molecular formula is C17H21N9O. The van der Waals surface area contributed by atoms with Gasteiger partial charge in [-0.2, -0.15) is 9.90 Å². The summed E-state index contributed by atoms with van der Waals surface area (Å²) in [5.41, 5.74) is 1.49. The third-order valence-electron chi connectivity index (χ3n) is 4.57. The number of hydrogen-bond donors (Lipinski definition) is 2. The fourth-order valence-electron chi connectivity index (χ4n) is 3.25. The lowest BCUT2D eigenvalue weighted by Gasteiger charge is -2.31. The number of aryl methyl sites for hydroxylation is 2. The summed E-state index contributed by atoms with van der Waals surface area (Å²) < 4.78 is 0. The Morgan fingerprint density at radius 2 is 2.26 bits per heavy atom. The molecule has 0 bridgehead atoms.